The zero-order valence-electron chi connectivity index (χ0n) is 7.09. The van der Waals surface area contributed by atoms with Crippen molar-refractivity contribution in [3.8, 4) is 5.75 Å². The molecule has 0 heterocycles. The van der Waals surface area contributed by atoms with E-state index in [2.05, 4.69) is 15.9 Å². The molecule has 13 heavy (non-hydrogen) atoms. The van der Waals surface area contributed by atoms with Gasteiger partial charge in [-0.15, -0.1) is 0 Å². The van der Waals surface area contributed by atoms with Crippen molar-refractivity contribution >= 4 is 15.9 Å². The van der Waals surface area contributed by atoms with E-state index in [-0.39, 0.29) is 5.75 Å². The average Bonchev–Trinajstić information content (AvgIpc) is 1.99. The van der Waals surface area contributed by atoms with Gasteiger partial charge in [0.25, 0.3) is 0 Å². The van der Waals surface area contributed by atoms with Crippen LogP contribution in [0.15, 0.2) is 16.6 Å². The molecule has 0 radical (unpaired) electrons. The van der Waals surface area contributed by atoms with E-state index < -0.39 is 11.9 Å². The zero-order chi connectivity index (χ0) is 10.0. The standard InChI is InChI=1S/C9H10BrFO2/c1-5(12)2-6-3-7(10)8(11)4-9(6)13/h3-5,12-13H,2H2,1H3. The van der Waals surface area contributed by atoms with E-state index in [1.54, 1.807) is 6.92 Å². The highest BCUT2D eigenvalue weighted by Gasteiger charge is 2.09. The van der Waals surface area contributed by atoms with Crippen molar-refractivity contribution in [2.75, 3.05) is 0 Å². The fourth-order valence-corrected chi connectivity index (χ4v) is 1.45. The van der Waals surface area contributed by atoms with E-state index in [0.29, 0.717) is 16.5 Å². The van der Waals surface area contributed by atoms with Gasteiger partial charge in [0, 0.05) is 12.5 Å². The largest absolute Gasteiger partial charge is 0.508 e. The van der Waals surface area contributed by atoms with Crippen LogP contribution in [0.25, 0.3) is 0 Å². The highest BCUT2D eigenvalue weighted by atomic mass is 79.9. The van der Waals surface area contributed by atoms with Crippen molar-refractivity contribution < 1.29 is 14.6 Å². The highest BCUT2D eigenvalue weighted by molar-refractivity contribution is 9.10. The molecule has 0 amide bonds. The Bertz CT molecular complexity index is 313. The number of rotatable bonds is 2. The van der Waals surface area contributed by atoms with E-state index >= 15 is 0 Å². The lowest BCUT2D eigenvalue weighted by atomic mass is 10.1. The molecule has 1 rings (SSSR count). The van der Waals surface area contributed by atoms with Gasteiger partial charge in [-0.1, -0.05) is 0 Å². The van der Waals surface area contributed by atoms with Crippen LogP contribution < -0.4 is 0 Å². The lowest BCUT2D eigenvalue weighted by molar-refractivity contribution is 0.194. The molecule has 0 aliphatic rings. The molecular weight excluding hydrogens is 239 g/mol. The molecule has 1 unspecified atom stereocenters. The third-order valence-corrected chi connectivity index (χ3v) is 2.24. The van der Waals surface area contributed by atoms with Crippen LogP contribution in [0.1, 0.15) is 12.5 Å². The third-order valence-electron chi connectivity index (χ3n) is 1.64. The smallest absolute Gasteiger partial charge is 0.141 e. The number of halogens is 2. The quantitative estimate of drug-likeness (QED) is 0.843. The minimum Gasteiger partial charge on any atom is -0.508 e. The number of phenols is 1. The van der Waals surface area contributed by atoms with Crippen LogP contribution in [0.3, 0.4) is 0 Å². The van der Waals surface area contributed by atoms with Crippen LogP contribution in [0, 0.1) is 5.82 Å². The molecule has 0 spiro atoms. The first-order valence-corrected chi connectivity index (χ1v) is 4.65. The fraction of sp³-hybridized carbons (Fsp3) is 0.333. The predicted octanol–water partition coefficient (Wildman–Crippen LogP) is 2.22. The number of hydrogen-bond donors (Lipinski definition) is 2. The summed E-state index contributed by atoms with van der Waals surface area (Å²) in [7, 11) is 0. The van der Waals surface area contributed by atoms with Crippen LogP contribution in [0.5, 0.6) is 5.75 Å². The molecule has 1 aromatic carbocycles. The van der Waals surface area contributed by atoms with Crippen LogP contribution in [0.4, 0.5) is 4.39 Å². The van der Waals surface area contributed by atoms with Crippen LogP contribution in [-0.4, -0.2) is 16.3 Å². The first-order chi connectivity index (χ1) is 6.00. The first-order valence-electron chi connectivity index (χ1n) is 3.85. The molecule has 0 saturated heterocycles. The summed E-state index contributed by atoms with van der Waals surface area (Å²) in [6.45, 7) is 1.61. The Balaban J connectivity index is 3.01. The molecule has 72 valence electrons. The molecule has 1 aromatic rings. The molecule has 1 atom stereocenters. The topological polar surface area (TPSA) is 40.5 Å². The van der Waals surface area contributed by atoms with Gasteiger partial charge < -0.3 is 10.2 Å². The Morgan fingerprint density at radius 3 is 2.69 bits per heavy atom. The van der Waals surface area contributed by atoms with Gasteiger partial charge >= 0.3 is 0 Å². The van der Waals surface area contributed by atoms with Crippen molar-refractivity contribution in [3.05, 3.63) is 28.0 Å². The maximum Gasteiger partial charge on any atom is 0.141 e. The molecule has 0 aromatic heterocycles. The normalized spacial score (nSPS) is 12.9. The molecule has 0 fully saturated rings. The predicted molar refractivity (Wildman–Crippen MR) is 51.1 cm³/mol. The summed E-state index contributed by atoms with van der Waals surface area (Å²) in [4.78, 5) is 0. The Hall–Kier alpha value is -0.610. The second kappa shape index (κ2) is 4.07. The summed E-state index contributed by atoms with van der Waals surface area (Å²) in [5.74, 6) is -0.631. The molecule has 2 nitrogen and oxygen atoms in total. The number of aromatic hydroxyl groups is 1. The summed E-state index contributed by atoms with van der Waals surface area (Å²) in [5.41, 5.74) is 0.531. The lowest BCUT2D eigenvalue weighted by Gasteiger charge is -2.07. The van der Waals surface area contributed by atoms with Gasteiger partial charge in [0.15, 0.2) is 0 Å². The fourth-order valence-electron chi connectivity index (χ4n) is 1.06. The third kappa shape index (κ3) is 2.67. The highest BCUT2D eigenvalue weighted by Crippen LogP contribution is 2.26. The Kier molecular flexibility index (Phi) is 3.27. The summed E-state index contributed by atoms with van der Waals surface area (Å²) in [5, 5.41) is 18.4. The van der Waals surface area contributed by atoms with Crippen molar-refractivity contribution in [2.24, 2.45) is 0 Å². The van der Waals surface area contributed by atoms with E-state index in [1.807, 2.05) is 0 Å². The minimum atomic E-state index is -0.553. The summed E-state index contributed by atoms with van der Waals surface area (Å²) in [6, 6.07) is 2.50. The minimum absolute atomic E-state index is 0.124. The van der Waals surface area contributed by atoms with E-state index in [4.69, 9.17) is 5.11 Å². The van der Waals surface area contributed by atoms with Gasteiger partial charge in [-0.25, -0.2) is 4.39 Å². The maximum absolute atomic E-state index is 12.8. The molecule has 4 heteroatoms. The van der Waals surface area contributed by atoms with E-state index in [9.17, 15) is 9.50 Å². The second-order valence-corrected chi connectivity index (χ2v) is 3.80. The average molecular weight is 249 g/mol. The Morgan fingerprint density at radius 2 is 2.15 bits per heavy atom. The van der Waals surface area contributed by atoms with Gasteiger partial charge in [-0.3, -0.25) is 0 Å². The molecule has 2 N–H and O–H groups in total. The molecule has 0 aliphatic heterocycles. The zero-order valence-corrected chi connectivity index (χ0v) is 8.68. The van der Waals surface area contributed by atoms with Crippen molar-refractivity contribution in [1.82, 2.24) is 0 Å². The van der Waals surface area contributed by atoms with Gasteiger partial charge in [-0.05, 0) is 34.5 Å². The van der Waals surface area contributed by atoms with Crippen molar-refractivity contribution in [3.63, 3.8) is 0 Å². The summed E-state index contributed by atoms with van der Waals surface area (Å²) < 4.78 is 13.1. The van der Waals surface area contributed by atoms with Crippen LogP contribution >= 0.6 is 15.9 Å². The Labute approximate surface area is 84.1 Å². The van der Waals surface area contributed by atoms with Crippen molar-refractivity contribution in [1.29, 1.82) is 0 Å². The van der Waals surface area contributed by atoms with Gasteiger partial charge in [0.2, 0.25) is 0 Å². The SMILES string of the molecule is CC(O)Cc1cc(Br)c(F)cc1O. The maximum atomic E-state index is 12.8. The van der Waals surface area contributed by atoms with Crippen LogP contribution in [-0.2, 0) is 6.42 Å². The number of aliphatic hydroxyl groups is 1. The second-order valence-electron chi connectivity index (χ2n) is 2.95. The molecular formula is C9H10BrFO2. The number of benzene rings is 1. The van der Waals surface area contributed by atoms with Gasteiger partial charge in [0.1, 0.15) is 11.6 Å². The molecule has 0 bridgehead atoms. The van der Waals surface area contributed by atoms with Gasteiger partial charge in [0.05, 0.1) is 10.6 Å². The lowest BCUT2D eigenvalue weighted by Crippen LogP contribution is -2.04. The van der Waals surface area contributed by atoms with Crippen LogP contribution in [0.2, 0.25) is 0 Å². The van der Waals surface area contributed by atoms with Gasteiger partial charge in [-0.2, -0.15) is 0 Å². The van der Waals surface area contributed by atoms with Crippen molar-refractivity contribution in [2.45, 2.75) is 19.4 Å². The number of aliphatic hydroxyl groups excluding tert-OH is 1. The van der Waals surface area contributed by atoms with E-state index in [1.165, 1.54) is 6.07 Å². The van der Waals surface area contributed by atoms with E-state index in [0.717, 1.165) is 6.07 Å². The molecule has 0 aliphatic carbocycles. The number of phenolic OH excluding ortho intramolecular Hbond substituents is 1. The number of hydrogen-bond acceptors (Lipinski definition) is 2. The summed E-state index contributed by atoms with van der Waals surface area (Å²) >= 11 is 3.00. The monoisotopic (exact) mass is 248 g/mol. The Morgan fingerprint density at radius 1 is 1.54 bits per heavy atom. The first kappa shape index (κ1) is 10.5. The summed E-state index contributed by atoms with van der Waals surface area (Å²) in [6.07, 6.45) is -0.242. The molecule has 0 saturated carbocycles.